The molecule has 134 valence electrons. The average molecular weight is 377 g/mol. The van der Waals surface area contributed by atoms with Crippen LogP contribution in [0.15, 0.2) is 18.2 Å². The Morgan fingerprint density at radius 1 is 1.12 bits per heavy atom. The van der Waals surface area contributed by atoms with Crippen LogP contribution >= 0.6 is 23.2 Å². The average Bonchev–Trinajstić information content (AvgIpc) is 2.61. The maximum Gasteiger partial charge on any atom is 0.236 e. The Kier molecular flexibility index (Phi) is 9.34. The van der Waals surface area contributed by atoms with Crippen molar-refractivity contribution in [3.05, 3.63) is 23.8 Å². The number of alkyl halides is 2. The highest BCUT2D eigenvalue weighted by molar-refractivity contribution is 6.27. The van der Waals surface area contributed by atoms with E-state index in [1.165, 1.54) is 7.11 Å². The lowest BCUT2D eigenvalue weighted by Gasteiger charge is -2.21. The van der Waals surface area contributed by atoms with Crippen molar-refractivity contribution < 1.29 is 19.1 Å². The molecule has 0 aliphatic heterocycles. The van der Waals surface area contributed by atoms with Crippen LogP contribution in [0.2, 0.25) is 0 Å². The van der Waals surface area contributed by atoms with Gasteiger partial charge in [0.2, 0.25) is 11.8 Å². The van der Waals surface area contributed by atoms with Gasteiger partial charge in [0.05, 0.1) is 13.7 Å². The number of unbranched alkanes of at least 4 members (excludes halogenated alkanes) is 1. The van der Waals surface area contributed by atoms with Gasteiger partial charge in [0.1, 0.15) is 17.9 Å². The van der Waals surface area contributed by atoms with Gasteiger partial charge >= 0.3 is 0 Å². The number of carbonyl (C=O) groups excluding carboxylic acids is 2. The van der Waals surface area contributed by atoms with Gasteiger partial charge in [-0.15, -0.1) is 23.2 Å². The minimum atomic E-state index is -0.763. The third kappa shape index (κ3) is 6.45. The van der Waals surface area contributed by atoms with E-state index < -0.39 is 18.0 Å². The third-order valence-electron chi connectivity index (χ3n) is 3.13. The van der Waals surface area contributed by atoms with E-state index in [9.17, 15) is 9.59 Å². The molecule has 0 aromatic heterocycles. The fourth-order valence-corrected chi connectivity index (χ4v) is 2.07. The van der Waals surface area contributed by atoms with E-state index in [4.69, 9.17) is 32.7 Å². The first-order chi connectivity index (χ1) is 11.5. The molecule has 0 unspecified atom stereocenters. The van der Waals surface area contributed by atoms with Crippen molar-refractivity contribution in [2.75, 3.05) is 25.5 Å². The molecule has 0 aliphatic rings. The van der Waals surface area contributed by atoms with Gasteiger partial charge in [0.15, 0.2) is 11.5 Å². The van der Waals surface area contributed by atoms with Crippen LogP contribution in [-0.4, -0.2) is 37.3 Å². The second kappa shape index (κ2) is 11.0. The molecule has 0 bridgehead atoms. The standard InChI is InChI=1S/C16H22Cl2N2O4/c1-3-4-7-24-12-6-5-11(8-13(12)23-2)16(19-14(21)9-17)20-15(22)10-18/h5-6,8,16H,3-4,7,9-10H2,1-2H3,(H,19,21)(H,20,22). The van der Waals surface area contributed by atoms with Gasteiger partial charge in [-0.05, 0) is 24.1 Å². The first-order valence-corrected chi connectivity index (χ1v) is 8.64. The van der Waals surface area contributed by atoms with Gasteiger partial charge in [0, 0.05) is 0 Å². The molecule has 0 spiro atoms. The summed E-state index contributed by atoms with van der Waals surface area (Å²) in [5.74, 6) is -0.169. The topological polar surface area (TPSA) is 76.7 Å². The van der Waals surface area contributed by atoms with Crippen LogP contribution in [0, 0.1) is 0 Å². The van der Waals surface area contributed by atoms with Crippen LogP contribution in [0.25, 0.3) is 0 Å². The number of hydrogen-bond acceptors (Lipinski definition) is 4. The number of amides is 2. The Hall–Kier alpha value is -1.66. The second-order valence-corrected chi connectivity index (χ2v) is 5.48. The number of ether oxygens (including phenoxy) is 2. The molecular weight excluding hydrogens is 355 g/mol. The summed E-state index contributed by atoms with van der Waals surface area (Å²) in [6.45, 7) is 2.66. The number of halogens is 2. The van der Waals surface area contributed by atoms with Gasteiger partial charge in [-0.2, -0.15) is 0 Å². The van der Waals surface area contributed by atoms with Crippen molar-refractivity contribution in [1.82, 2.24) is 10.6 Å². The van der Waals surface area contributed by atoms with Crippen molar-refractivity contribution in [3.8, 4) is 11.5 Å². The summed E-state index contributed by atoms with van der Waals surface area (Å²) < 4.78 is 11.0. The molecule has 0 saturated heterocycles. The number of rotatable bonds is 10. The van der Waals surface area contributed by atoms with Crippen LogP contribution in [-0.2, 0) is 9.59 Å². The summed E-state index contributed by atoms with van der Waals surface area (Å²) in [4.78, 5) is 23.2. The van der Waals surface area contributed by atoms with E-state index in [0.717, 1.165) is 12.8 Å². The van der Waals surface area contributed by atoms with E-state index in [0.29, 0.717) is 23.7 Å². The summed E-state index contributed by atoms with van der Waals surface area (Å²) in [6.07, 6.45) is 1.20. The third-order valence-corrected chi connectivity index (χ3v) is 3.62. The Balaban J connectivity index is 2.99. The summed E-state index contributed by atoms with van der Waals surface area (Å²) in [5.41, 5.74) is 0.617. The summed E-state index contributed by atoms with van der Waals surface area (Å²) in [5, 5.41) is 5.23. The highest BCUT2D eigenvalue weighted by Crippen LogP contribution is 2.30. The number of hydrogen-bond donors (Lipinski definition) is 2. The molecule has 1 aromatic carbocycles. The minimum absolute atomic E-state index is 0.220. The van der Waals surface area contributed by atoms with Crippen molar-refractivity contribution in [1.29, 1.82) is 0 Å². The van der Waals surface area contributed by atoms with Crippen molar-refractivity contribution in [2.45, 2.75) is 25.9 Å². The van der Waals surface area contributed by atoms with Crippen LogP contribution < -0.4 is 20.1 Å². The lowest BCUT2D eigenvalue weighted by Crippen LogP contribution is -2.42. The molecule has 24 heavy (non-hydrogen) atoms. The molecule has 1 rings (SSSR count). The predicted octanol–water partition coefficient (Wildman–Crippen LogP) is 2.58. The van der Waals surface area contributed by atoms with Crippen molar-refractivity contribution in [2.24, 2.45) is 0 Å². The minimum Gasteiger partial charge on any atom is -0.493 e. The Morgan fingerprint density at radius 3 is 2.25 bits per heavy atom. The zero-order valence-corrected chi connectivity index (χ0v) is 15.2. The number of carbonyl (C=O) groups is 2. The maximum absolute atomic E-state index is 11.6. The number of methoxy groups -OCH3 is 1. The summed E-state index contributed by atoms with van der Waals surface area (Å²) in [7, 11) is 1.52. The summed E-state index contributed by atoms with van der Waals surface area (Å²) in [6, 6.07) is 5.16. The van der Waals surface area contributed by atoms with Crippen LogP contribution in [0.5, 0.6) is 11.5 Å². The van der Waals surface area contributed by atoms with E-state index in [-0.39, 0.29) is 11.8 Å². The van der Waals surface area contributed by atoms with E-state index in [2.05, 4.69) is 17.6 Å². The van der Waals surface area contributed by atoms with Crippen molar-refractivity contribution in [3.63, 3.8) is 0 Å². The van der Waals surface area contributed by atoms with E-state index in [1.54, 1.807) is 18.2 Å². The SMILES string of the molecule is CCCCOc1ccc(C(NC(=O)CCl)NC(=O)CCl)cc1OC. The van der Waals surface area contributed by atoms with Gasteiger partial charge < -0.3 is 20.1 Å². The Bertz CT molecular complexity index is 537. The number of benzene rings is 1. The highest BCUT2D eigenvalue weighted by atomic mass is 35.5. The first-order valence-electron chi connectivity index (χ1n) is 7.57. The highest BCUT2D eigenvalue weighted by Gasteiger charge is 2.18. The molecule has 6 nitrogen and oxygen atoms in total. The molecule has 0 heterocycles. The molecule has 0 fully saturated rings. The van der Waals surface area contributed by atoms with E-state index in [1.807, 2.05) is 0 Å². The predicted molar refractivity (Wildman–Crippen MR) is 93.9 cm³/mol. The fraction of sp³-hybridized carbons (Fsp3) is 0.500. The van der Waals surface area contributed by atoms with Gasteiger partial charge in [-0.3, -0.25) is 9.59 Å². The monoisotopic (exact) mass is 376 g/mol. The molecule has 2 N–H and O–H groups in total. The normalized spacial score (nSPS) is 10.4. The molecule has 0 saturated carbocycles. The van der Waals surface area contributed by atoms with Gasteiger partial charge in [0.25, 0.3) is 0 Å². The lowest BCUT2D eigenvalue weighted by molar-refractivity contribution is -0.122. The van der Waals surface area contributed by atoms with Gasteiger partial charge in [-0.25, -0.2) is 0 Å². The molecular formula is C16H22Cl2N2O4. The van der Waals surface area contributed by atoms with E-state index >= 15 is 0 Å². The Labute approximate surface area is 151 Å². The number of nitrogens with one attached hydrogen (secondary N) is 2. The maximum atomic E-state index is 11.6. The van der Waals surface area contributed by atoms with Crippen LogP contribution in [0.4, 0.5) is 0 Å². The zero-order valence-electron chi connectivity index (χ0n) is 13.7. The summed E-state index contributed by atoms with van der Waals surface area (Å²) >= 11 is 11.0. The van der Waals surface area contributed by atoms with Gasteiger partial charge in [-0.1, -0.05) is 19.4 Å². The fourth-order valence-electron chi connectivity index (χ4n) is 1.91. The van der Waals surface area contributed by atoms with Crippen LogP contribution in [0.3, 0.4) is 0 Å². The molecule has 1 aromatic rings. The smallest absolute Gasteiger partial charge is 0.236 e. The molecule has 8 heteroatoms. The molecule has 0 radical (unpaired) electrons. The zero-order chi connectivity index (χ0) is 17.9. The van der Waals surface area contributed by atoms with Crippen LogP contribution in [0.1, 0.15) is 31.5 Å². The largest absolute Gasteiger partial charge is 0.493 e. The van der Waals surface area contributed by atoms with Crippen molar-refractivity contribution >= 4 is 35.0 Å². The molecule has 0 aliphatic carbocycles. The first kappa shape index (κ1) is 20.4. The molecule has 0 atom stereocenters. The quantitative estimate of drug-likeness (QED) is 0.373. The molecule has 2 amide bonds. The second-order valence-electron chi connectivity index (χ2n) is 4.95. The lowest BCUT2D eigenvalue weighted by atomic mass is 10.1. The Morgan fingerprint density at radius 2 is 1.75 bits per heavy atom.